The standard InChI is InChI=1S/C14H12Br2N2O2/c15-10-5-6-11(14(17)18-19)13(7-10)20-8-9-3-1-2-4-12(9)16/h1-7,19H,8H2,(H2,17,18). The molecule has 2 aromatic carbocycles. The lowest BCUT2D eigenvalue weighted by molar-refractivity contribution is 0.302. The number of hydrogen-bond acceptors (Lipinski definition) is 3. The van der Waals surface area contributed by atoms with Gasteiger partial charge in [-0.1, -0.05) is 55.2 Å². The number of oxime groups is 1. The number of amidine groups is 1. The minimum Gasteiger partial charge on any atom is -0.488 e. The van der Waals surface area contributed by atoms with E-state index in [0.29, 0.717) is 17.9 Å². The van der Waals surface area contributed by atoms with Crippen LogP contribution in [0, 0.1) is 0 Å². The molecule has 0 radical (unpaired) electrons. The van der Waals surface area contributed by atoms with E-state index < -0.39 is 0 Å². The van der Waals surface area contributed by atoms with Crippen LogP contribution in [0.5, 0.6) is 5.75 Å². The first-order valence-electron chi connectivity index (χ1n) is 5.75. The van der Waals surface area contributed by atoms with Crippen LogP contribution in [0.1, 0.15) is 11.1 Å². The van der Waals surface area contributed by atoms with Gasteiger partial charge in [-0.05, 0) is 24.3 Å². The first-order valence-corrected chi connectivity index (χ1v) is 7.34. The van der Waals surface area contributed by atoms with E-state index in [2.05, 4.69) is 37.0 Å². The van der Waals surface area contributed by atoms with Crippen LogP contribution >= 0.6 is 31.9 Å². The third-order valence-electron chi connectivity index (χ3n) is 2.67. The van der Waals surface area contributed by atoms with E-state index in [1.54, 1.807) is 18.2 Å². The van der Waals surface area contributed by atoms with Crippen LogP contribution in [0.25, 0.3) is 0 Å². The van der Waals surface area contributed by atoms with Gasteiger partial charge >= 0.3 is 0 Å². The molecular weight excluding hydrogens is 388 g/mol. The molecule has 2 aromatic rings. The molecule has 104 valence electrons. The molecule has 0 saturated heterocycles. The van der Waals surface area contributed by atoms with E-state index >= 15 is 0 Å². The van der Waals surface area contributed by atoms with Crippen LogP contribution in [0.15, 0.2) is 56.6 Å². The predicted molar refractivity (Wildman–Crippen MR) is 85.1 cm³/mol. The van der Waals surface area contributed by atoms with Gasteiger partial charge in [0.05, 0.1) is 5.56 Å². The number of benzene rings is 2. The van der Waals surface area contributed by atoms with Crippen molar-refractivity contribution in [1.29, 1.82) is 0 Å². The fraction of sp³-hybridized carbons (Fsp3) is 0.0714. The Kier molecular flexibility index (Phi) is 5.03. The van der Waals surface area contributed by atoms with Crippen molar-refractivity contribution in [2.24, 2.45) is 10.9 Å². The lowest BCUT2D eigenvalue weighted by Crippen LogP contribution is -2.15. The van der Waals surface area contributed by atoms with E-state index in [1.807, 2.05) is 24.3 Å². The van der Waals surface area contributed by atoms with Crippen molar-refractivity contribution < 1.29 is 9.94 Å². The summed E-state index contributed by atoms with van der Waals surface area (Å²) in [5, 5.41) is 11.8. The second-order valence-corrected chi connectivity index (χ2v) is 5.78. The van der Waals surface area contributed by atoms with Crippen molar-refractivity contribution in [3.05, 3.63) is 62.5 Å². The normalized spacial score (nSPS) is 11.4. The van der Waals surface area contributed by atoms with Crippen LogP contribution in [0.2, 0.25) is 0 Å². The third-order valence-corrected chi connectivity index (χ3v) is 3.94. The number of hydrogen-bond donors (Lipinski definition) is 2. The number of ether oxygens (including phenoxy) is 1. The van der Waals surface area contributed by atoms with Crippen LogP contribution in [-0.2, 0) is 6.61 Å². The Bertz CT molecular complexity index is 645. The van der Waals surface area contributed by atoms with Gasteiger partial charge in [-0.25, -0.2) is 0 Å². The van der Waals surface area contributed by atoms with Crippen LogP contribution in [0.4, 0.5) is 0 Å². The SMILES string of the molecule is N/C(=N/O)c1ccc(Br)cc1OCc1ccccc1Br. The monoisotopic (exact) mass is 398 g/mol. The van der Waals surface area contributed by atoms with Crippen molar-refractivity contribution in [2.75, 3.05) is 0 Å². The maximum absolute atomic E-state index is 8.80. The molecule has 0 heterocycles. The summed E-state index contributed by atoms with van der Waals surface area (Å²) < 4.78 is 7.60. The summed E-state index contributed by atoms with van der Waals surface area (Å²) in [5.41, 5.74) is 7.20. The van der Waals surface area contributed by atoms with Gasteiger partial charge in [0.15, 0.2) is 5.84 Å². The number of halogens is 2. The predicted octanol–water partition coefficient (Wildman–Crippen LogP) is 3.89. The first-order chi connectivity index (χ1) is 9.61. The molecular formula is C14H12Br2N2O2. The minimum atomic E-state index is 0.0135. The first kappa shape index (κ1) is 14.9. The minimum absolute atomic E-state index is 0.0135. The van der Waals surface area contributed by atoms with Crippen molar-refractivity contribution in [2.45, 2.75) is 6.61 Å². The summed E-state index contributed by atoms with van der Waals surface area (Å²) in [5.74, 6) is 0.560. The lowest BCUT2D eigenvalue weighted by atomic mass is 10.2. The molecule has 2 rings (SSSR count). The van der Waals surface area contributed by atoms with Crippen molar-refractivity contribution in [3.63, 3.8) is 0 Å². The summed E-state index contributed by atoms with van der Waals surface area (Å²) in [6.45, 7) is 0.379. The molecule has 0 unspecified atom stereocenters. The highest BCUT2D eigenvalue weighted by Gasteiger charge is 2.10. The maximum Gasteiger partial charge on any atom is 0.173 e. The highest BCUT2D eigenvalue weighted by Crippen LogP contribution is 2.26. The Hall–Kier alpha value is -1.53. The summed E-state index contributed by atoms with van der Waals surface area (Å²) >= 11 is 6.84. The van der Waals surface area contributed by atoms with Crippen LogP contribution in [-0.4, -0.2) is 11.0 Å². The molecule has 3 N–H and O–H groups in total. The smallest absolute Gasteiger partial charge is 0.173 e. The third kappa shape index (κ3) is 3.52. The zero-order chi connectivity index (χ0) is 14.5. The van der Waals surface area contributed by atoms with Gasteiger partial charge in [-0.15, -0.1) is 0 Å². The highest BCUT2D eigenvalue weighted by molar-refractivity contribution is 9.10. The largest absolute Gasteiger partial charge is 0.488 e. The molecule has 0 aromatic heterocycles. The molecule has 0 fully saturated rings. The fourth-order valence-electron chi connectivity index (χ4n) is 1.65. The van der Waals surface area contributed by atoms with E-state index in [1.165, 1.54) is 0 Å². The molecule has 0 bridgehead atoms. The van der Waals surface area contributed by atoms with Gasteiger partial charge < -0.3 is 15.7 Å². The summed E-state index contributed by atoms with van der Waals surface area (Å²) in [6, 6.07) is 13.1. The van der Waals surface area contributed by atoms with Crippen LogP contribution in [0.3, 0.4) is 0 Å². The Morgan fingerprint density at radius 1 is 1.20 bits per heavy atom. The van der Waals surface area contributed by atoms with E-state index in [9.17, 15) is 0 Å². The molecule has 0 spiro atoms. The molecule has 0 amide bonds. The summed E-state index contributed by atoms with van der Waals surface area (Å²) in [6.07, 6.45) is 0. The molecule has 20 heavy (non-hydrogen) atoms. The zero-order valence-corrected chi connectivity index (χ0v) is 13.6. The zero-order valence-electron chi connectivity index (χ0n) is 10.4. The molecule has 0 aliphatic heterocycles. The van der Waals surface area contributed by atoms with E-state index in [0.717, 1.165) is 14.5 Å². The van der Waals surface area contributed by atoms with Gasteiger partial charge in [0.1, 0.15) is 12.4 Å². The molecule has 0 aliphatic rings. The second-order valence-electron chi connectivity index (χ2n) is 4.01. The topological polar surface area (TPSA) is 67.8 Å². The number of rotatable bonds is 4. The van der Waals surface area contributed by atoms with Gasteiger partial charge in [0.2, 0.25) is 0 Å². The van der Waals surface area contributed by atoms with E-state index in [4.69, 9.17) is 15.7 Å². The highest BCUT2D eigenvalue weighted by atomic mass is 79.9. The summed E-state index contributed by atoms with van der Waals surface area (Å²) in [7, 11) is 0. The quantitative estimate of drug-likeness (QED) is 0.354. The average Bonchev–Trinajstić information content (AvgIpc) is 2.46. The van der Waals surface area contributed by atoms with Gasteiger partial charge in [0, 0.05) is 14.5 Å². The van der Waals surface area contributed by atoms with Crippen molar-refractivity contribution in [3.8, 4) is 5.75 Å². The van der Waals surface area contributed by atoms with Crippen molar-refractivity contribution in [1.82, 2.24) is 0 Å². The maximum atomic E-state index is 8.80. The molecule has 0 saturated carbocycles. The average molecular weight is 400 g/mol. The summed E-state index contributed by atoms with van der Waals surface area (Å²) in [4.78, 5) is 0. The molecule has 4 nitrogen and oxygen atoms in total. The van der Waals surface area contributed by atoms with E-state index in [-0.39, 0.29) is 5.84 Å². The molecule has 6 heteroatoms. The fourth-order valence-corrected chi connectivity index (χ4v) is 2.39. The second kappa shape index (κ2) is 6.76. The molecule has 0 aliphatic carbocycles. The van der Waals surface area contributed by atoms with Gasteiger partial charge in [-0.2, -0.15) is 0 Å². The number of nitrogens with zero attached hydrogens (tertiary/aromatic N) is 1. The van der Waals surface area contributed by atoms with Crippen LogP contribution < -0.4 is 10.5 Å². The van der Waals surface area contributed by atoms with Crippen molar-refractivity contribution >= 4 is 37.7 Å². The lowest BCUT2D eigenvalue weighted by Gasteiger charge is -2.12. The molecule has 0 atom stereocenters. The Morgan fingerprint density at radius 2 is 1.95 bits per heavy atom. The Morgan fingerprint density at radius 3 is 2.65 bits per heavy atom. The Balaban J connectivity index is 2.25. The van der Waals surface area contributed by atoms with Gasteiger partial charge in [-0.3, -0.25) is 0 Å². The number of nitrogens with two attached hydrogens (primary N) is 1. The van der Waals surface area contributed by atoms with Gasteiger partial charge in [0.25, 0.3) is 0 Å². The Labute approximate surface area is 133 Å².